The topological polar surface area (TPSA) is 138 Å². The summed E-state index contributed by atoms with van der Waals surface area (Å²) >= 11 is 0. The Hall–Kier alpha value is -3.48. The van der Waals surface area contributed by atoms with Gasteiger partial charge in [0.1, 0.15) is 0 Å². The fraction of sp³-hybridized carbons (Fsp3) is 0.600. The molecule has 1 aromatic heterocycles. The van der Waals surface area contributed by atoms with Crippen LogP contribution in [0.1, 0.15) is 59.1 Å². The number of aryl methyl sites for hydroxylation is 1. The largest absolute Gasteiger partial charge is 0.465 e. The minimum atomic E-state index is -0.676. The number of primary amides is 1. The van der Waals surface area contributed by atoms with E-state index in [9.17, 15) is 9.59 Å². The molecule has 0 atom stereocenters. The third kappa shape index (κ3) is 6.93. The summed E-state index contributed by atoms with van der Waals surface area (Å²) < 4.78 is 10.6. The van der Waals surface area contributed by atoms with Crippen molar-refractivity contribution in [3.8, 4) is 0 Å². The molecule has 2 aromatic rings. The standard InChI is InChI=1S/C30H44N8O4/c1-4-24-28(32-20-9-17-42-18-10-20)35-29(26(34-24)27(31)39)33-21-5-6-25(23(19-21)30(40)41-3)38-11-7-22(8-12-38)37-15-13-36(2)14-16-37/h5-6,19-20,22H,4,7-18H2,1-3H3,(H2,31,39)(H2,32,33,35). The number of aromatic nitrogens is 2. The molecule has 0 aliphatic carbocycles. The predicted octanol–water partition coefficient (Wildman–Crippen LogP) is 2.48. The maximum absolute atomic E-state index is 12.9. The number of nitrogens with two attached hydrogens (primary N) is 1. The first-order valence-corrected chi connectivity index (χ1v) is 15.1. The highest BCUT2D eigenvalue weighted by Gasteiger charge is 2.29. The van der Waals surface area contributed by atoms with Gasteiger partial charge in [0.2, 0.25) is 0 Å². The Kier molecular flexibility index (Phi) is 9.76. The van der Waals surface area contributed by atoms with E-state index in [2.05, 4.69) is 37.4 Å². The molecule has 0 unspecified atom stereocenters. The van der Waals surface area contributed by atoms with Gasteiger partial charge in [-0.2, -0.15) is 0 Å². The van der Waals surface area contributed by atoms with E-state index in [4.69, 9.17) is 20.2 Å². The average Bonchev–Trinajstić information content (AvgIpc) is 3.01. The van der Waals surface area contributed by atoms with Crippen molar-refractivity contribution >= 4 is 34.9 Å². The third-order valence-electron chi connectivity index (χ3n) is 8.62. The van der Waals surface area contributed by atoms with Crippen LogP contribution in [0.25, 0.3) is 0 Å². The summed E-state index contributed by atoms with van der Waals surface area (Å²) in [5.41, 5.74) is 8.33. The number of hydrogen-bond donors (Lipinski definition) is 3. The number of carbonyl (C=O) groups excluding carboxylic acids is 2. The van der Waals surface area contributed by atoms with Gasteiger partial charge in [0, 0.05) is 70.3 Å². The molecule has 0 radical (unpaired) electrons. The van der Waals surface area contributed by atoms with Crippen molar-refractivity contribution in [2.75, 3.05) is 82.2 Å². The molecule has 12 heteroatoms. The van der Waals surface area contributed by atoms with Gasteiger partial charge in [-0.1, -0.05) is 6.92 Å². The fourth-order valence-electron chi connectivity index (χ4n) is 6.09. The number of carbonyl (C=O) groups is 2. The Labute approximate surface area is 247 Å². The summed E-state index contributed by atoms with van der Waals surface area (Å²) in [6.45, 7) is 9.50. The monoisotopic (exact) mass is 580 g/mol. The number of nitrogens with one attached hydrogen (secondary N) is 2. The van der Waals surface area contributed by atoms with E-state index in [1.54, 1.807) is 6.07 Å². The van der Waals surface area contributed by atoms with Crippen LogP contribution in [-0.4, -0.2) is 110 Å². The second kappa shape index (κ2) is 13.7. The number of rotatable bonds is 9. The van der Waals surface area contributed by atoms with Crippen LogP contribution in [0.2, 0.25) is 0 Å². The van der Waals surface area contributed by atoms with Crippen molar-refractivity contribution in [2.24, 2.45) is 5.73 Å². The number of hydrogen-bond acceptors (Lipinski definition) is 11. The van der Waals surface area contributed by atoms with E-state index >= 15 is 0 Å². The fourth-order valence-corrected chi connectivity index (χ4v) is 6.09. The zero-order chi connectivity index (χ0) is 29.6. The number of methoxy groups -OCH3 is 1. The van der Waals surface area contributed by atoms with Crippen molar-refractivity contribution in [1.29, 1.82) is 0 Å². The van der Waals surface area contributed by atoms with E-state index in [0.717, 1.165) is 70.6 Å². The second-order valence-electron chi connectivity index (χ2n) is 11.4. The van der Waals surface area contributed by atoms with E-state index in [0.29, 0.717) is 48.4 Å². The molecule has 0 bridgehead atoms. The molecular weight excluding hydrogens is 536 g/mol. The number of benzene rings is 1. The van der Waals surface area contributed by atoms with Gasteiger partial charge in [-0.25, -0.2) is 14.8 Å². The molecule has 4 N–H and O–H groups in total. The highest BCUT2D eigenvalue weighted by atomic mass is 16.5. The number of piperidine rings is 1. The number of anilines is 4. The van der Waals surface area contributed by atoms with Crippen LogP contribution in [-0.2, 0) is 15.9 Å². The summed E-state index contributed by atoms with van der Waals surface area (Å²) in [5.74, 6) is -0.236. The molecule has 12 nitrogen and oxygen atoms in total. The van der Waals surface area contributed by atoms with Crippen LogP contribution in [0.5, 0.6) is 0 Å². The first-order chi connectivity index (χ1) is 20.4. The molecule has 228 valence electrons. The minimum Gasteiger partial charge on any atom is -0.465 e. The van der Waals surface area contributed by atoms with Gasteiger partial charge in [0.15, 0.2) is 17.3 Å². The molecule has 5 rings (SSSR count). The highest BCUT2D eigenvalue weighted by Crippen LogP contribution is 2.31. The lowest BCUT2D eigenvalue weighted by molar-refractivity contribution is 0.0601. The Morgan fingerprint density at radius 2 is 1.74 bits per heavy atom. The molecule has 3 fully saturated rings. The highest BCUT2D eigenvalue weighted by molar-refractivity contribution is 5.99. The molecular formula is C30H44N8O4. The summed E-state index contributed by atoms with van der Waals surface area (Å²) in [4.78, 5) is 41.9. The summed E-state index contributed by atoms with van der Waals surface area (Å²) in [5, 5.41) is 6.69. The second-order valence-corrected chi connectivity index (χ2v) is 11.4. The van der Waals surface area contributed by atoms with E-state index in [1.165, 1.54) is 7.11 Å². The first-order valence-electron chi connectivity index (χ1n) is 15.1. The minimum absolute atomic E-state index is 0.0547. The van der Waals surface area contributed by atoms with Crippen LogP contribution in [0.3, 0.4) is 0 Å². The summed E-state index contributed by atoms with van der Waals surface area (Å²) in [6.07, 6.45) is 4.42. The predicted molar refractivity (Wildman–Crippen MR) is 163 cm³/mol. The number of ether oxygens (including phenoxy) is 2. The van der Waals surface area contributed by atoms with Gasteiger partial charge in [-0.15, -0.1) is 0 Å². The Morgan fingerprint density at radius 1 is 1.02 bits per heavy atom. The van der Waals surface area contributed by atoms with Gasteiger partial charge in [-0.05, 0) is 57.4 Å². The number of likely N-dealkylation sites (N-methyl/N-ethyl adjacent to an activating group) is 1. The Morgan fingerprint density at radius 3 is 2.38 bits per heavy atom. The smallest absolute Gasteiger partial charge is 0.340 e. The molecule has 0 saturated carbocycles. The van der Waals surface area contributed by atoms with Gasteiger partial charge < -0.3 is 35.6 Å². The van der Waals surface area contributed by atoms with Crippen LogP contribution in [0.4, 0.5) is 23.0 Å². The van der Waals surface area contributed by atoms with Crippen molar-refractivity contribution in [3.63, 3.8) is 0 Å². The van der Waals surface area contributed by atoms with Crippen molar-refractivity contribution in [3.05, 3.63) is 35.2 Å². The first kappa shape index (κ1) is 30.0. The van der Waals surface area contributed by atoms with Gasteiger partial charge in [0.05, 0.1) is 24.1 Å². The third-order valence-corrected chi connectivity index (χ3v) is 8.62. The molecule has 3 aliphatic heterocycles. The molecule has 42 heavy (non-hydrogen) atoms. The van der Waals surface area contributed by atoms with E-state index in [-0.39, 0.29) is 17.6 Å². The van der Waals surface area contributed by atoms with E-state index < -0.39 is 11.9 Å². The van der Waals surface area contributed by atoms with Crippen LogP contribution >= 0.6 is 0 Å². The van der Waals surface area contributed by atoms with Gasteiger partial charge in [-0.3, -0.25) is 9.69 Å². The number of nitrogens with zero attached hydrogens (tertiary/aromatic N) is 5. The normalized spacial score (nSPS) is 19.5. The molecule has 3 aliphatic rings. The number of piperazine rings is 1. The number of amides is 1. The maximum Gasteiger partial charge on any atom is 0.340 e. The Balaban J connectivity index is 1.36. The number of esters is 1. The van der Waals surface area contributed by atoms with Crippen molar-refractivity contribution in [2.45, 2.75) is 51.1 Å². The molecule has 0 spiro atoms. The zero-order valence-electron chi connectivity index (χ0n) is 25.0. The quantitative estimate of drug-likeness (QED) is 0.377. The van der Waals surface area contributed by atoms with Crippen LogP contribution < -0.4 is 21.3 Å². The molecule has 4 heterocycles. The lowest BCUT2D eigenvalue weighted by Crippen LogP contribution is -2.52. The zero-order valence-corrected chi connectivity index (χ0v) is 25.0. The summed E-state index contributed by atoms with van der Waals surface area (Å²) in [7, 11) is 3.57. The van der Waals surface area contributed by atoms with Crippen LogP contribution in [0.15, 0.2) is 18.2 Å². The van der Waals surface area contributed by atoms with Gasteiger partial charge in [0.25, 0.3) is 5.91 Å². The van der Waals surface area contributed by atoms with Crippen molar-refractivity contribution < 1.29 is 19.1 Å². The lowest BCUT2D eigenvalue weighted by atomic mass is 10.0. The average molecular weight is 581 g/mol. The molecule has 3 saturated heterocycles. The van der Waals surface area contributed by atoms with Crippen molar-refractivity contribution in [1.82, 2.24) is 19.8 Å². The molecule has 1 aromatic carbocycles. The lowest BCUT2D eigenvalue weighted by Gasteiger charge is -2.42. The Bertz CT molecular complexity index is 1250. The van der Waals surface area contributed by atoms with E-state index in [1.807, 2.05) is 19.1 Å². The van der Waals surface area contributed by atoms with Crippen LogP contribution in [0, 0.1) is 0 Å². The van der Waals surface area contributed by atoms with Gasteiger partial charge >= 0.3 is 5.97 Å². The molecule has 1 amide bonds. The summed E-state index contributed by atoms with van der Waals surface area (Å²) in [6, 6.07) is 6.35. The maximum atomic E-state index is 12.9. The SMILES string of the molecule is CCc1nc(C(N)=O)c(Nc2ccc(N3CCC(N4CCN(C)CC4)CC3)c(C(=O)OC)c2)nc1NC1CCOCC1.